The molecule has 0 aliphatic carbocycles. The minimum absolute atomic E-state index is 0.120. The summed E-state index contributed by atoms with van der Waals surface area (Å²) >= 11 is 0. The normalized spacial score (nSPS) is 13.3. The SMILES string of the molecule is CC/C=C\C/C=C\C/C=C\C/C=C\C/C=C\C/C=C\C/C=C\C/C=C\C/C=C\CCCC(=O)OCC(COC(=O)CCCCCCCCCCCCCCCCC)OC(=O)CCCC/C=C\C/C=C\C/C=C\C/C=C\C/C=C\C/C=C\CC. The molecule has 464 valence electrons. The molecular weight excluding hydrogens is 1020 g/mol. The molecule has 6 heteroatoms. The van der Waals surface area contributed by atoms with Crippen LogP contribution in [-0.2, 0) is 28.6 Å². The molecule has 0 radical (unpaired) electrons. The van der Waals surface area contributed by atoms with Gasteiger partial charge in [0.15, 0.2) is 6.10 Å². The Hall–Kier alpha value is -5.49. The summed E-state index contributed by atoms with van der Waals surface area (Å²) in [6, 6.07) is 0. The van der Waals surface area contributed by atoms with Gasteiger partial charge < -0.3 is 14.2 Å². The summed E-state index contributed by atoms with van der Waals surface area (Å²) in [6.45, 7) is 6.33. The molecule has 0 aliphatic heterocycles. The Kier molecular flexibility index (Phi) is 64.4. The first-order chi connectivity index (χ1) is 41.0. The zero-order valence-corrected chi connectivity index (χ0v) is 53.1. The van der Waals surface area contributed by atoms with E-state index in [1.807, 2.05) is 0 Å². The Morgan fingerprint density at radius 3 is 0.783 bits per heavy atom. The second kappa shape index (κ2) is 69.0. The Morgan fingerprint density at radius 1 is 0.253 bits per heavy atom. The number of rotatable bonds is 58. The van der Waals surface area contributed by atoms with E-state index < -0.39 is 6.10 Å². The quantitative estimate of drug-likeness (QED) is 0.0261. The van der Waals surface area contributed by atoms with E-state index in [1.165, 1.54) is 77.0 Å². The Labute approximate surface area is 510 Å². The van der Waals surface area contributed by atoms with Crippen molar-refractivity contribution in [2.24, 2.45) is 0 Å². The summed E-state index contributed by atoms with van der Waals surface area (Å²) in [4.78, 5) is 38.3. The zero-order chi connectivity index (χ0) is 59.9. The number of allylic oxidation sites excluding steroid dienone is 30. The van der Waals surface area contributed by atoms with E-state index in [-0.39, 0.29) is 44.0 Å². The van der Waals surface area contributed by atoms with Gasteiger partial charge in [0.2, 0.25) is 0 Å². The summed E-state index contributed by atoms with van der Waals surface area (Å²) < 4.78 is 16.8. The van der Waals surface area contributed by atoms with Crippen LogP contribution in [0.2, 0.25) is 0 Å². The van der Waals surface area contributed by atoms with E-state index in [0.29, 0.717) is 19.3 Å². The van der Waals surface area contributed by atoms with Gasteiger partial charge in [-0.05, 0) is 135 Å². The van der Waals surface area contributed by atoms with Crippen molar-refractivity contribution in [1.82, 2.24) is 0 Å². The number of hydrogen-bond acceptors (Lipinski definition) is 6. The van der Waals surface area contributed by atoms with Crippen molar-refractivity contribution < 1.29 is 28.6 Å². The summed E-state index contributed by atoms with van der Waals surface area (Å²) in [5, 5.41) is 0. The zero-order valence-electron chi connectivity index (χ0n) is 53.1. The molecule has 1 atom stereocenters. The average molecular weight is 1140 g/mol. The Bertz CT molecular complexity index is 1940. The van der Waals surface area contributed by atoms with Crippen LogP contribution < -0.4 is 0 Å². The second-order valence-electron chi connectivity index (χ2n) is 21.3. The standard InChI is InChI=1S/C77H120O6/c1-4-7-10-13-16-19-22-25-28-30-32-34-35-36-37-38-39-40-41-43-44-46-49-52-55-58-61-64-67-70-76(79)82-73-74(72-81-75(78)69-66-63-60-57-54-51-48-27-24-21-18-15-12-9-6-3)83-77(80)71-68-65-62-59-56-53-50-47-45-42-33-31-29-26-23-20-17-14-11-8-5-2/h7-8,10-11,16-17,19-20,25-26,28-29,32-34,36-37,39-40,42-44,47,49-50,52,56,58-59,61,74H,4-6,9,12-15,18,21-24,27,30-31,35,38,41,45-46,48,51,53-55,57,60,62-73H2,1-3H3/b10-7-,11-8-,19-16-,20-17-,28-25-,29-26-,34-32-,37-36-,40-39-,42-33-,44-43-,50-47-,52-49-,59-56-,61-58-. The minimum atomic E-state index is -0.835. The lowest BCUT2D eigenvalue weighted by Crippen LogP contribution is -2.30. The van der Waals surface area contributed by atoms with E-state index in [2.05, 4.69) is 203 Å². The van der Waals surface area contributed by atoms with E-state index >= 15 is 0 Å². The maximum absolute atomic E-state index is 12.9. The van der Waals surface area contributed by atoms with Crippen molar-refractivity contribution >= 4 is 17.9 Å². The number of carbonyl (C=O) groups is 3. The summed E-state index contributed by atoms with van der Waals surface area (Å²) in [7, 11) is 0. The molecule has 0 fully saturated rings. The average Bonchev–Trinajstić information content (AvgIpc) is 3.49. The largest absolute Gasteiger partial charge is 0.462 e. The monoisotopic (exact) mass is 1140 g/mol. The van der Waals surface area contributed by atoms with Crippen LogP contribution in [0.5, 0.6) is 0 Å². The predicted molar refractivity (Wildman–Crippen MR) is 361 cm³/mol. The number of unbranched alkanes of at least 4 members (excludes halogenated alkanes) is 17. The van der Waals surface area contributed by atoms with Gasteiger partial charge >= 0.3 is 17.9 Å². The Balaban J connectivity index is 4.56. The molecule has 0 aromatic rings. The molecule has 1 unspecified atom stereocenters. The second-order valence-corrected chi connectivity index (χ2v) is 21.3. The highest BCUT2D eigenvalue weighted by Crippen LogP contribution is 2.15. The smallest absolute Gasteiger partial charge is 0.306 e. The van der Waals surface area contributed by atoms with Crippen molar-refractivity contribution in [3.8, 4) is 0 Å². The van der Waals surface area contributed by atoms with Gasteiger partial charge in [0, 0.05) is 19.3 Å². The molecule has 0 saturated heterocycles. The molecule has 0 bridgehead atoms. The first-order valence-electron chi connectivity index (χ1n) is 33.3. The number of hydrogen-bond donors (Lipinski definition) is 0. The van der Waals surface area contributed by atoms with Crippen molar-refractivity contribution in [2.45, 2.75) is 271 Å². The Morgan fingerprint density at radius 2 is 0.482 bits per heavy atom. The summed E-state index contributed by atoms with van der Waals surface area (Å²) in [5.74, 6) is -1.03. The van der Waals surface area contributed by atoms with Crippen LogP contribution >= 0.6 is 0 Å². The topological polar surface area (TPSA) is 78.9 Å². The van der Waals surface area contributed by atoms with Gasteiger partial charge in [0.1, 0.15) is 13.2 Å². The van der Waals surface area contributed by atoms with Gasteiger partial charge in [-0.15, -0.1) is 0 Å². The third-order valence-electron chi connectivity index (χ3n) is 13.4. The fourth-order valence-corrected chi connectivity index (χ4v) is 8.51. The molecule has 0 aromatic carbocycles. The van der Waals surface area contributed by atoms with Crippen LogP contribution in [0.1, 0.15) is 265 Å². The van der Waals surface area contributed by atoms with Crippen LogP contribution in [0.15, 0.2) is 182 Å². The highest BCUT2D eigenvalue weighted by molar-refractivity contribution is 5.71. The molecule has 0 rings (SSSR count). The maximum Gasteiger partial charge on any atom is 0.306 e. The van der Waals surface area contributed by atoms with Crippen molar-refractivity contribution in [2.75, 3.05) is 13.2 Å². The van der Waals surface area contributed by atoms with Gasteiger partial charge in [0.05, 0.1) is 0 Å². The van der Waals surface area contributed by atoms with E-state index in [0.717, 1.165) is 135 Å². The molecule has 0 aromatic heterocycles. The fraction of sp³-hybridized carbons (Fsp3) is 0.571. The number of carbonyl (C=O) groups excluding carboxylic acids is 3. The van der Waals surface area contributed by atoms with E-state index in [4.69, 9.17) is 14.2 Å². The van der Waals surface area contributed by atoms with Crippen LogP contribution in [0, 0.1) is 0 Å². The van der Waals surface area contributed by atoms with Crippen LogP contribution in [0.3, 0.4) is 0 Å². The third-order valence-corrected chi connectivity index (χ3v) is 13.4. The van der Waals surface area contributed by atoms with Gasteiger partial charge in [-0.3, -0.25) is 14.4 Å². The highest BCUT2D eigenvalue weighted by Gasteiger charge is 2.19. The molecule has 6 nitrogen and oxygen atoms in total. The van der Waals surface area contributed by atoms with Crippen LogP contribution in [0.4, 0.5) is 0 Å². The lowest BCUT2D eigenvalue weighted by molar-refractivity contribution is -0.167. The molecule has 0 saturated carbocycles. The summed E-state index contributed by atoms with van der Waals surface area (Å²) in [5.41, 5.74) is 0. The van der Waals surface area contributed by atoms with Gasteiger partial charge in [-0.25, -0.2) is 0 Å². The molecular formula is C77H120O6. The van der Waals surface area contributed by atoms with Crippen molar-refractivity contribution in [3.63, 3.8) is 0 Å². The molecule has 0 N–H and O–H groups in total. The maximum atomic E-state index is 12.9. The number of ether oxygens (including phenoxy) is 3. The van der Waals surface area contributed by atoms with Crippen molar-refractivity contribution in [1.29, 1.82) is 0 Å². The van der Waals surface area contributed by atoms with E-state index in [1.54, 1.807) is 0 Å². The van der Waals surface area contributed by atoms with Crippen LogP contribution in [-0.4, -0.2) is 37.2 Å². The van der Waals surface area contributed by atoms with Crippen LogP contribution in [0.25, 0.3) is 0 Å². The molecule has 83 heavy (non-hydrogen) atoms. The third kappa shape index (κ3) is 67.2. The predicted octanol–water partition coefficient (Wildman–Crippen LogP) is 23.2. The first kappa shape index (κ1) is 77.5. The minimum Gasteiger partial charge on any atom is -0.462 e. The fourth-order valence-electron chi connectivity index (χ4n) is 8.51. The lowest BCUT2D eigenvalue weighted by atomic mass is 10.0. The molecule has 0 heterocycles. The van der Waals surface area contributed by atoms with E-state index in [9.17, 15) is 14.4 Å². The number of esters is 3. The first-order valence-corrected chi connectivity index (χ1v) is 33.3. The van der Waals surface area contributed by atoms with Crippen molar-refractivity contribution in [3.05, 3.63) is 182 Å². The molecule has 0 spiro atoms. The van der Waals surface area contributed by atoms with Gasteiger partial charge in [-0.2, -0.15) is 0 Å². The van der Waals surface area contributed by atoms with Gasteiger partial charge in [0.25, 0.3) is 0 Å². The molecule has 0 aliphatic rings. The highest BCUT2D eigenvalue weighted by atomic mass is 16.6. The van der Waals surface area contributed by atoms with Gasteiger partial charge in [-0.1, -0.05) is 293 Å². The molecule has 0 amide bonds. The summed E-state index contributed by atoms with van der Waals surface area (Å²) in [6.07, 6.45) is 103. The lowest BCUT2D eigenvalue weighted by Gasteiger charge is -2.18.